The molecule has 0 amide bonds. The molecule has 128 valence electrons. The van der Waals surface area contributed by atoms with E-state index in [4.69, 9.17) is 0 Å². The number of nitro benzene ring substituents is 1. The second-order valence-electron chi connectivity index (χ2n) is 5.78. The lowest BCUT2D eigenvalue weighted by molar-refractivity contribution is -0.384. The van der Waals surface area contributed by atoms with E-state index >= 15 is 0 Å². The van der Waals surface area contributed by atoms with Crippen molar-refractivity contribution in [1.82, 2.24) is 10.2 Å². The van der Waals surface area contributed by atoms with Crippen LogP contribution in [0.5, 0.6) is 11.5 Å². The van der Waals surface area contributed by atoms with Crippen LogP contribution in [0.3, 0.4) is 0 Å². The Hall–Kier alpha value is -2.64. The van der Waals surface area contributed by atoms with Gasteiger partial charge < -0.3 is 20.4 Å². The molecule has 0 aliphatic carbocycles. The Morgan fingerprint density at radius 1 is 1.17 bits per heavy atom. The van der Waals surface area contributed by atoms with Crippen LogP contribution in [-0.2, 0) is 0 Å². The molecule has 0 spiro atoms. The van der Waals surface area contributed by atoms with Crippen molar-refractivity contribution in [2.75, 3.05) is 27.2 Å². The first-order chi connectivity index (χ1) is 11.4. The van der Waals surface area contributed by atoms with Crippen LogP contribution in [0.1, 0.15) is 17.2 Å². The zero-order valence-corrected chi connectivity index (χ0v) is 13.6. The van der Waals surface area contributed by atoms with Gasteiger partial charge in [0.25, 0.3) is 5.69 Å². The molecule has 7 heteroatoms. The van der Waals surface area contributed by atoms with E-state index in [2.05, 4.69) is 5.32 Å². The van der Waals surface area contributed by atoms with E-state index in [9.17, 15) is 20.3 Å². The summed E-state index contributed by atoms with van der Waals surface area (Å²) in [6.07, 6.45) is 0. The summed E-state index contributed by atoms with van der Waals surface area (Å²) in [7, 11) is 3.92. The molecule has 0 heterocycles. The molecular formula is C17H21N3O4. The Kier molecular flexibility index (Phi) is 5.73. The molecule has 1 unspecified atom stereocenters. The zero-order chi connectivity index (χ0) is 17.7. The second-order valence-corrected chi connectivity index (χ2v) is 5.78. The van der Waals surface area contributed by atoms with Crippen molar-refractivity contribution in [2.45, 2.75) is 6.04 Å². The molecular weight excluding hydrogens is 310 g/mol. The van der Waals surface area contributed by atoms with E-state index in [1.165, 1.54) is 24.3 Å². The van der Waals surface area contributed by atoms with E-state index in [0.717, 1.165) is 12.1 Å². The highest BCUT2D eigenvalue weighted by Gasteiger charge is 2.18. The van der Waals surface area contributed by atoms with Crippen molar-refractivity contribution in [3.63, 3.8) is 0 Å². The molecule has 2 aromatic carbocycles. The van der Waals surface area contributed by atoms with Crippen molar-refractivity contribution < 1.29 is 15.1 Å². The summed E-state index contributed by atoms with van der Waals surface area (Å²) in [5, 5.41) is 33.8. The van der Waals surface area contributed by atoms with Gasteiger partial charge in [0.2, 0.25) is 0 Å². The number of hydrogen-bond acceptors (Lipinski definition) is 6. The molecule has 0 saturated heterocycles. The van der Waals surface area contributed by atoms with E-state index in [0.29, 0.717) is 12.1 Å². The largest absolute Gasteiger partial charge is 0.508 e. The van der Waals surface area contributed by atoms with E-state index in [-0.39, 0.29) is 23.2 Å². The molecule has 1 atom stereocenters. The average Bonchev–Trinajstić information content (AvgIpc) is 2.52. The Labute approximate surface area is 140 Å². The number of aromatic hydroxyl groups is 2. The van der Waals surface area contributed by atoms with Crippen LogP contribution in [0.25, 0.3) is 0 Å². The predicted octanol–water partition coefficient (Wildman–Crippen LogP) is 2.25. The van der Waals surface area contributed by atoms with Gasteiger partial charge in [-0.15, -0.1) is 0 Å². The predicted molar refractivity (Wildman–Crippen MR) is 91.3 cm³/mol. The Morgan fingerprint density at radius 3 is 2.38 bits per heavy atom. The van der Waals surface area contributed by atoms with Gasteiger partial charge in [-0.2, -0.15) is 0 Å². The van der Waals surface area contributed by atoms with Gasteiger partial charge in [-0.1, -0.05) is 12.1 Å². The summed E-state index contributed by atoms with van der Waals surface area (Å²) in [5.74, 6) is -0.0531. The Balaban J connectivity index is 2.32. The maximum absolute atomic E-state index is 10.8. The lowest BCUT2D eigenvalue weighted by Crippen LogP contribution is -2.30. The van der Waals surface area contributed by atoms with Gasteiger partial charge in [-0.05, 0) is 31.8 Å². The smallest absolute Gasteiger partial charge is 0.269 e. The lowest BCUT2D eigenvalue weighted by Gasteiger charge is -2.22. The molecule has 24 heavy (non-hydrogen) atoms. The number of nitrogens with one attached hydrogen (secondary N) is 1. The third kappa shape index (κ3) is 4.43. The molecule has 0 aromatic heterocycles. The van der Waals surface area contributed by atoms with Crippen LogP contribution in [0.15, 0.2) is 42.5 Å². The van der Waals surface area contributed by atoms with Gasteiger partial charge in [-0.3, -0.25) is 10.1 Å². The number of benzene rings is 2. The molecule has 3 N–H and O–H groups in total. The number of hydrogen-bond donors (Lipinski definition) is 3. The van der Waals surface area contributed by atoms with Crippen LogP contribution in [0.4, 0.5) is 5.69 Å². The highest BCUT2D eigenvalue weighted by molar-refractivity contribution is 5.46. The van der Waals surface area contributed by atoms with Gasteiger partial charge in [0, 0.05) is 36.9 Å². The molecule has 7 nitrogen and oxygen atoms in total. The number of non-ortho nitro benzene ring substituents is 1. The fourth-order valence-electron chi connectivity index (χ4n) is 2.40. The number of nitrogens with zero attached hydrogens (tertiary/aromatic N) is 2. The number of likely N-dealkylation sites (N-methyl/N-ethyl adjacent to an activating group) is 1. The molecule has 0 bridgehead atoms. The van der Waals surface area contributed by atoms with Gasteiger partial charge >= 0.3 is 0 Å². The molecule has 2 rings (SSSR count). The van der Waals surface area contributed by atoms with E-state index in [1.807, 2.05) is 19.0 Å². The summed E-state index contributed by atoms with van der Waals surface area (Å²) in [6, 6.07) is 10.3. The van der Waals surface area contributed by atoms with E-state index < -0.39 is 4.92 Å². The van der Waals surface area contributed by atoms with Crippen molar-refractivity contribution in [3.8, 4) is 11.5 Å². The van der Waals surface area contributed by atoms with Gasteiger partial charge in [0.15, 0.2) is 0 Å². The molecule has 0 saturated carbocycles. The summed E-state index contributed by atoms with van der Waals surface area (Å²) >= 11 is 0. The molecule has 0 aliphatic rings. The van der Waals surface area contributed by atoms with Crippen LogP contribution in [-0.4, -0.2) is 47.2 Å². The quantitative estimate of drug-likeness (QED) is 0.532. The average molecular weight is 331 g/mol. The standard InChI is InChI=1S/C17H21N3O4/c1-19(2)10-9-18-17(15-8-7-14(21)11-16(15)22)12-3-5-13(6-4-12)20(23)24/h3-8,11,17-18,21-22H,9-10H2,1-2H3. The fourth-order valence-corrected chi connectivity index (χ4v) is 2.40. The fraction of sp³-hybridized carbons (Fsp3) is 0.294. The minimum atomic E-state index is -0.448. The molecule has 0 radical (unpaired) electrons. The second kappa shape index (κ2) is 7.76. The van der Waals surface area contributed by atoms with Crippen LogP contribution < -0.4 is 5.32 Å². The molecule has 2 aromatic rings. The third-order valence-corrected chi connectivity index (χ3v) is 3.67. The first-order valence-corrected chi connectivity index (χ1v) is 7.53. The Morgan fingerprint density at radius 2 is 1.83 bits per heavy atom. The van der Waals surface area contributed by atoms with Crippen molar-refractivity contribution in [2.24, 2.45) is 0 Å². The summed E-state index contributed by atoms with van der Waals surface area (Å²) in [5.41, 5.74) is 1.40. The molecule has 0 fully saturated rings. The van der Waals surface area contributed by atoms with Gasteiger partial charge in [0.05, 0.1) is 11.0 Å². The summed E-state index contributed by atoms with van der Waals surface area (Å²) in [6.45, 7) is 1.46. The van der Waals surface area contributed by atoms with Crippen LogP contribution >= 0.6 is 0 Å². The van der Waals surface area contributed by atoms with Crippen LogP contribution in [0.2, 0.25) is 0 Å². The van der Waals surface area contributed by atoms with Crippen molar-refractivity contribution in [1.29, 1.82) is 0 Å². The van der Waals surface area contributed by atoms with Crippen LogP contribution in [0, 0.1) is 10.1 Å². The number of nitro groups is 1. The highest BCUT2D eigenvalue weighted by atomic mass is 16.6. The maximum Gasteiger partial charge on any atom is 0.269 e. The Bertz CT molecular complexity index is 701. The van der Waals surface area contributed by atoms with Crippen molar-refractivity contribution >= 4 is 5.69 Å². The minimum Gasteiger partial charge on any atom is -0.508 e. The topological polar surface area (TPSA) is 98.9 Å². The minimum absolute atomic E-state index is 0.0146. The van der Waals surface area contributed by atoms with Gasteiger partial charge in [0.1, 0.15) is 11.5 Å². The number of phenolic OH excluding ortho intramolecular Hbond substituents is 2. The highest BCUT2D eigenvalue weighted by Crippen LogP contribution is 2.32. The number of rotatable bonds is 7. The summed E-state index contributed by atoms with van der Waals surface area (Å²) < 4.78 is 0. The third-order valence-electron chi connectivity index (χ3n) is 3.67. The first-order valence-electron chi connectivity index (χ1n) is 7.53. The number of phenols is 2. The van der Waals surface area contributed by atoms with Crippen molar-refractivity contribution in [3.05, 3.63) is 63.7 Å². The maximum atomic E-state index is 10.8. The SMILES string of the molecule is CN(C)CCNC(c1ccc([N+](=O)[O-])cc1)c1ccc(O)cc1O. The van der Waals surface area contributed by atoms with E-state index in [1.54, 1.807) is 18.2 Å². The zero-order valence-electron chi connectivity index (χ0n) is 13.6. The molecule has 0 aliphatic heterocycles. The lowest BCUT2D eigenvalue weighted by atomic mass is 9.97. The normalized spacial score (nSPS) is 12.3. The first kappa shape index (κ1) is 17.7. The monoisotopic (exact) mass is 331 g/mol. The van der Waals surface area contributed by atoms with Gasteiger partial charge in [-0.25, -0.2) is 0 Å². The summed E-state index contributed by atoms with van der Waals surface area (Å²) in [4.78, 5) is 12.4.